The van der Waals surface area contributed by atoms with Crippen molar-refractivity contribution in [1.82, 2.24) is 0 Å². The zero-order chi connectivity index (χ0) is 11.3. The average molecular weight is 205 g/mol. The van der Waals surface area contributed by atoms with Crippen molar-refractivity contribution in [2.45, 2.75) is 0 Å². The van der Waals surface area contributed by atoms with E-state index in [2.05, 4.69) is 4.74 Å². The van der Waals surface area contributed by atoms with Crippen LogP contribution in [0.3, 0.4) is 0 Å². The number of aliphatic hydroxyl groups is 1. The summed E-state index contributed by atoms with van der Waals surface area (Å²) in [5.74, 6) is -0.983. The molecule has 1 aromatic carbocycles. The van der Waals surface area contributed by atoms with Crippen LogP contribution in [0.5, 0.6) is 0 Å². The molecular formula is C11H11NO3. The lowest BCUT2D eigenvalue weighted by Gasteiger charge is -2.04. The van der Waals surface area contributed by atoms with E-state index < -0.39 is 5.97 Å². The Hall–Kier alpha value is -2.10. The Balaban J connectivity index is 3.18. The summed E-state index contributed by atoms with van der Waals surface area (Å²) in [4.78, 5) is 11.2. The van der Waals surface area contributed by atoms with Crippen molar-refractivity contribution in [2.75, 3.05) is 7.11 Å². The first-order valence-corrected chi connectivity index (χ1v) is 4.28. The average Bonchev–Trinajstić information content (AvgIpc) is 2.30. The van der Waals surface area contributed by atoms with Crippen molar-refractivity contribution in [1.29, 1.82) is 5.41 Å². The number of ether oxygens (including phenoxy) is 1. The summed E-state index contributed by atoms with van der Waals surface area (Å²) in [6.07, 6.45) is 0.772. The zero-order valence-electron chi connectivity index (χ0n) is 8.23. The second-order valence-corrected chi connectivity index (χ2v) is 2.76. The number of esters is 1. The molecule has 15 heavy (non-hydrogen) atoms. The molecule has 78 valence electrons. The van der Waals surface area contributed by atoms with Gasteiger partial charge in [0.2, 0.25) is 0 Å². The van der Waals surface area contributed by atoms with Crippen LogP contribution in [0.2, 0.25) is 0 Å². The van der Waals surface area contributed by atoms with Gasteiger partial charge >= 0.3 is 5.97 Å². The molecule has 0 heterocycles. The van der Waals surface area contributed by atoms with Gasteiger partial charge in [-0.25, -0.2) is 4.79 Å². The monoisotopic (exact) mass is 205 g/mol. The lowest BCUT2D eigenvalue weighted by atomic mass is 10.1. The Morgan fingerprint density at radius 1 is 1.40 bits per heavy atom. The molecule has 1 rings (SSSR count). The standard InChI is InChI=1S/C11H11NO3/c1-15-11(14)9(7-12)10(13)8-5-3-2-4-6-8/h2-7,12-13H,1H3/b10-9+,12-7?. The maximum atomic E-state index is 11.2. The minimum absolute atomic E-state index is 0.163. The van der Waals surface area contributed by atoms with Gasteiger partial charge in [-0.3, -0.25) is 0 Å². The van der Waals surface area contributed by atoms with Crippen LogP contribution in [0, 0.1) is 5.41 Å². The predicted molar refractivity (Wildman–Crippen MR) is 56.8 cm³/mol. The lowest BCUT2D eigenvalue weighted by Crippen LogP contribution is -2.08. The van der Waals surface area contributed by atoms with Gasteiger partial charge in [-0.05, 0) is 0 Å². The van der Waals surface area contributed by atoms with E-state index in [4.69, 9.17) is 5.41 Å². The highest BCUT2D eigenvalue weighted by Crippen LogP contribution is 2.15. The fourth-order valence-corrected chi connectivity index (χ4v) is 1.09. The maximum absolute atomic E-state index is 11.2. The SMILES string of the molecule is COC(=O)/C(C=N)=C(/O)c1ccccc1. The summed E-state index contributed by atoms with van der Waals surface area (Å²) in [5.41, 5.74) is 0.310. The fourth-order valence-electron chi connectivity index (χ4n) is 1.09. The molecule has 0 aliphatic heterocycles. The molecule has 4 heteroatoms. The van der Waals surface area contributed by atoms with E-state index in [0.717, 1.165) is 6.21 Å². The molecule has 0 fully saturated rings. The van der Waals surface area contributed by atoms with E-state index in [9.17, 15) is 9.90 Å². The molecule has 0 saturated heterocycles. The summed E-state index contributed by atoms with van der Waals surface area (Å²) in [5, 5.41) is 16.7. The summed E-state index contributed by atoms with van der Waals surface area (Å²) >= 11 is 0. The molecule has 0 saturated carbocycles. The van der Waals surface area contributed by atoms with Crippen LogP contribution in [-0.2, 0) is 9.53 Å². The second kappa shape index (κ2) is 4.95. The van der Waals surface area contributed by atoms with Crippen molar-refractivity contribution >= 4 is 17.9 Å². The van der Waals surface area contributed by atoms with Crippen molar-refractivity contribution in [3.63, 3.8) is 0 Å². The summed E-state index contributed by atoms with van der Waals surface area (Å²) in [6.45, 7) is 0. The molecule has 0 bridgehead atoms. The van der Waals surface area contributed by atoms with Gasteiger partial charge in [0.05, 0.1) is 7.11 Å². The minimum atomic E-state index is -0.730. The highest BCUT2D eigenvalue weighted by Gasteiger charge is 2.14. The van der Waals surface area contributed by atoms with Crippen LogP contribution < -0.4 is 0 Å². The second-order valence-electron chi connectivity index (χ2n) is 2.76. The van der Waals surface area contributed by atoms with Gasteiger partial charge in [-0.1, -0.05) is 30.3 Å². The highest BCUT2D eigenvalue weighted by molar-refractivity contribution is 6.14. The maximum Gasteiger partial charge on any atom is 0.343 e. The Morgan fingerprint density at radius 3 is 2.47 bits per heavy atom. The molecule has 0 spiro atoms. The summed E-state index contributed by atoms with van der Waals surface area (Å²) in [6, 6.07) is 8.53. The van der Waals surface area contributed by atoms with E-state index in [0.29, 0.717) is 5.56 Å². The quantitative estimate of drug-likeness (QED) is 0.342. The van der Waals surface area contributed by atoms with Gasteiger partial charge in [-0.15, -0.1) is 0 Å². The molecule has 0 atom stereocenters. The third-order valence-electron chi connectivity index (χ3n) is 1.85. The number of methoxy groups -OCH3 is 1. The number of aliphatic hydroxyl groups excluding tert-OH is 1. The van der Waals surface area contributed by atoms with Crippen LogP contribution in [0.15, 0.2) is 35.9 Å². The number of hydrogen-bond acceptors (Lipinski definition) is 4. The Kier molecular flexibility index (Phi) is 3.62. The van der Waals surface area contributed by atoms with Crippen LogP contribution in [0.1, 0.15) is 5.56 Å². The number of carbonyl (C=O) groups is 1. The molecule has 0 aromatic heterocycles. The Bertz CT molecular complexity index is 396. The first-order chi connectivity index (χ1) is 7.20. The first kappa shape index (κ1) is 11.0. The van der Waals surface area contributed by atoms with E-state index in [1.54, 1.807) is 30.3 Å². The van der Waals surface area contributed by atoms with Crippen LogP contribution in [0.4, 0.5) is 0 Å². The zero-order valence-corrected chi connectivity index (χ0v) is 8.23. The van der Waals surface area contributed by atoms with Gasteiger partial charge < -0.3 is 15.3 Å². The third kappa shape index (κ3) is 2.43. The van der Waals surface area contributed by atoms with Gasteiger partial charge in [0.25, 0.3) is 0 Å². The lowest BCUT2D eigenvalue weighted by molar-refractivity contribution is -0.135. The smallest absolute Gasteiger partial charge is 0.343 e. The number of benzene rings is 1. The summed E-state index contributed by atoms with van der Waals surface area (Å²) < 4.78 is 4.44. The topological polar surface area (TPSA) is 70.4 Å². The molecule has 0 amide bonds. The first-order valence-electron chi connectivity index (χ1n) is 4.28. The molecule has 2 N–H and O–H groups in total. The van der Waals surface area contributed by atoms with Gasteiger partial charge in [0, 0.05) is 11.8 Å². The Morgan fingerprint density at radius 2 is 2.00 bits per heavy atom. The van der Waals surface area contributed by atoms with E-state index in [-0.39, 0.29) is 11.3 Å². The molecule has 0 aliphatic rings. The predicted octanol–water partition coefficient (Wildman–Crippen LogP) is 1.78. The highest BCUT2D eigenvalue weighted by atomic mass is 16.5. The molecule has 0 radical (unpaired) electrons. The van der Waals surface area contributed by atoms with Gasteiger partial charge in [-0.2, -0.15) is 0 Å². The molecule has 0 unspecified atom stereocenters. The van der Waals surface area contributed by atoms with Crippen molar-refractivity contribution < 1.29 is 14.6 Å². The minimum Gasteiger partial charge on any atom is -0.506 e. The molecule has 4 nitrogen and oxygen atoms in total. The Labute approximate surface area is 87.3 Å². The van der Waals surface area contributed by atoms with E-state index in [1.165, 1.54) is 7.11 Å². The van der Waals surface area contributed by atoms with Crippen molar-refractivity contribution in [3.8, 4) is 0 Å². The van der Waals surface area contributed by atoms with E-state index in [1.807, 2.05) is 0 Å². The fraction of sp³-hybridized carbons (Fsp3) is 0.0909. The largest absolute Gasteiger partial charge is 0.506 e. The number of nitrogens with one attached hydrogen (secondary N) is 1. The molecule has 1 aromatic rings. The van der Waals surface area contributed by atoms with Gasteiger partial charge in [0.1, 0.15) is 11.3 Å². The van der Waals surface area contributed by atoms with E-state index >= 15 is 0 Å². The number of rotatable bonds is 3. The van der Waals surface area contributed by atoms with Crippen LogP contribution in [-0.4, -0.2) is 24.4 Å². The summed E-state index contributed by atoms with van der Waals surface area (Å²) in [7, 11) is 1.20. The van der Waals surface area contributed by atoms with Gasteiger partial charge in [0.15, 0.2) is 0 Å². The van der Waals surface area contributed by atoms with Crippen molar-refractivity contribution in [2.24, 2.45) is 0 Å². The van der Waals surface area contributed by atoms with Crippen LogP contribution >= 0.6 is 0 Å². The third-order valence-corrected chi connectivity index (χ3v) is 1.85. The van der Waals surface area contributed by atoms with Crippen molar-refractivity contribution in [3.05, 3.63) is 41.5 Å². The molecular weight excluding hydrogens is 194 g/mol. The molecule has 0 aliphatic carbocycles. The van der Waals surface area contributed by atoms with Crippen LogP contribution in [0.25, 0.3) is 5.76 Å². The number of hydrogen-bond donors (Lipinski definition) is 2. The normalized spacial score (nSPS) is 11.5. The number of carbonyl (C=O) groups excluding carboxylic acids is 1.